The van der Waals surface area contributed by atoms with Crippen molar-refractivity contribution in [1.29, 1.82) is 0 Å². The molecule has 19 heavy (non-hydrogen) atoms. The quantitative estimate of drug-likeness (QED) is 0.513. The first-order valence-electron chi connectivity index (χ1n) is 6.32. The fourth-order valence-electron chi connectivity index (χ4n) is 1.70. The lowest BCUT2D eigenvalue weighted by atomic mass is 9.84. The van der Waals surface area contributed by atoms with E-state index in [1.54, 1.807) is 6.08 Å². The zero-order chi connectivity index (χ0) is 14.6. The van der Waals surface area contributed by atoms with Gasteiger partial charge in [-0.05, 0) is 29.5 Å². The van der Waals surface area contributed by atoms with Crippen molar-refractivity contribution >= 4 is 11.7 Å². The Labute approximate surface area is 114 Å². The first-order valence-corrected chi connectivity index (χ1v) is 6.32. The van der Waals surface area contributed by atoms with Crippen LogP contribution < -0.4 is 5.32 Å². The molecule has 102 valence electrons. The van der Waals surface area contributed by atoms with Crippen LogP contribution in [0.3, 0.4) is 0 Å². The van der Waals surface area contributed by atoms with E-state index in [1.807, 2.05) is 25.1 Å². The highest BCUT2D eigenvalue weighted by Crippen LogP contribution is 2.24. The summed E-state index contributed by atoms with van der Waals surface area (Å²) in [5, 5.41) is 2.51. The van der Waals surface area contributed by atoms with Crippen molar-refractivity contribution in [3.05, 3.63) is 47.5 Å². The number of hydrogen-bond donors (Lipinski definition) is 1. The molecule has 0 aromatic heterocycles. The van der Waals surface area contributed by atoms with Crippen molar-refractivity contribution in [2.75, 3.05) is 6.54 Å². The number of aryl methyl sites for hydroxylation is 1. The SMILES string of the molecule is C=CCNC(=O)C(=O)c1cc(C(C)(C)C)ccc1C. The summed E-state index contributed by atoms with van der Waals surface area (Å²) in [4.78, 5) is 23.8. The Morgan fingerprint density at radius 2 is 1.95 bits per heavy atom. The third kappa shape index (κ3) is 3.78. The molecule has 0 heterocycles. The van der Waals surface area contributed by atoms with Gasteiger partial charge < -0.3 is 5.32 Å². The van der Waals surface area contributed by atoms with Crippen LogP contribution in [-0.4, -0.2) is 18.2 Å². The fourth-order valence-corrected chi connectivity index (χ4v) is 1.70. The van der Waals surface area contributed by atoms with Crippen LogP contribution in [0.15, 0.2) is 30.9 Å². The second-order valence-electron chi connectivity index (χ2n) is 5.61. The van der Waals surface area contributed by atoms with Gasteiger partial charge in [0.1, 0.15) is 0 Å². The van der Waals surface area contributed by atoms with Crippen LogP contribution in [0.1, 0.15) is 42.3 Å². The normalized spacial score (nSPS) is 10.9. The highest BCUT2D eigenvalue weighted by atomic mass is 16.2. The largest absolute Gasteiger partial charge is 0.346 e. The number of carbonyl (C=O) groups excluding carboxylic acids is 2. The molecule has 0 radical (unpaired) electrons. The maximum atomic E-state index is 12.1. The lowest BCUT2D eigenvalue weighted by molar-refractivity contribution is -0.116. The first kappa shape index (κ1) is 15.2. The average Bonchev–Trinajstić information content (AvgIpc) is 2.34. The van der Waals surface area contributed by atoms with Crippen molar-refractivity contribution in [1.82, 2.24) is 5.32 Å². The van der Waals surface area contributed by atoms with Crippen molar-refractivity contribution in [3.63, 3.8) is 0 Å². The van der Waals surface area contributed by atoms with Crippen LogP contribution in [0.25, 0.3) is 0 Å². The molecule has 0 saturated carbocycles. The minimum absolute atomic E-state index is 0.0552. The van der Waals surface area contributed by atoms with Crippen LogP contribution in [-0.2, 0) is 10.2 Å². The summed E-state index contributed by atoms with van der Waals surface area (Å²) in [6.45, 7) is 11.9. The highest BCUT2D eigenvalue weighted by molar-refractivity contribution is 6.43. The number of benzene rings is 1. The topological polar surface area (TPSA) is 46.2 Å². The summed E-state index contributed by atoms with van der Waals surface area (Å²) in [6.07, 6.45) is 1.55. The van der Waals surface area contributed by atoms with Gasteiger partial charge in [-0.25, -0.2) is 0 Å². The van der Waals surface area contributed by atoms with E-state index in [9.17, 15) is 9.59 Å². The third-order valence-electron chi connectivity index (χ3n) is 2.96. The van der Waals surface area contributed by atoms with Gasteiger partial charge >= 0.3 is 0 Å². The summed E-state index contributed by atoms with van der Waals surface area (Å²) >= 11 is 0. The van der Waals surface area contributed by atoms with Crippen molar-refractivity contribution in [2.45, 2.75) is 33.1 Å². The van der Waals surface area contributed by atoms with Crippen LogP contribution in [0.4, 0.5) is 0 Å². The van der Waals surface area contributed by atoms with E-state index in [-0.39, 0.29) is 5.41 Å². The summed E-state index contributed by atoms with van der Waals surface area (Å²) < 4.78 is 0. The van der Waals surface area contributed by atoms with Crippen LogP contribution in [0.5, 0.6) is 0 Å². The predicted molar refractivity (Wildman–Crippen MR) is 77.4 cm³/mol. The molecule has 0 atom stereocenters. The monoisotopic (exact) mass is 259 g/mol. The van der Waals surface area contributed by atoms with Crippen LogP contribution >= 0.6 is 0 Å². The summed E-state index contributed by atoms with van der Waals surface area (Å²) in [5.74, 6) is -1.08. The highest BCUT2D eigenvalue weighted by Gasteiger charge is 2.21. The molecule has 1 aromatic carbocycles. The molecule has 3 heteroatoms. The van der Waals surface area contributed by atoms with Gasteiger partial charge in [0.25, 0.3) is 5.91 Å². The predicted octanol–water partition coefficient (Wildman–Crippen LogP) is 2.78. The Morgan fingerprint density at radius 3 is 2.47 bits per heavy atom. The minimum Gasteiger partial charge on any atom is -0.346 e. The van der Waals surface area contributed by atoms with Crippen LogP contribution in [0, 0.1) is 6.92 Å². The molecule has 0 bridgehead atoms. The maximum Gasteiger partial charge on any atom is 0.292 e. The first-order chi connectivity index (χ1) is 8.77. The van der Waals surface area contributed by atoms with Crippen LogP contribution in [0.2, 0.25) is 0 Å². The average molecular weight is 259 g/mol. The molecule has 0 aliphatic heterocycles. The lowest BCUT2D eigenvalue weighted by Gasteiger charge is -2.20. The smallest absolute Gasteiger partial charge is 0.292 e. The number of ketones is 1. The molecule has 3 nitrogen and oxygen atoms in total. The molecule has 0 aliphatic carbocycles. The summed E-state index contributed by atoms with van der Waals surface area (Å²) in [7, 11) is 0. The molecule has 0 saturated heterocycles. The number of rotatable bonds is 4. The number of amides is 1. The van der Waals surface area contributed by atoms with Crippen molar-refractivity contribution < 1.29 is 9.59 Å². The number of nitrogens with one attached hydrogen (secondary N) is 1. The Kier molecular flexibility index (Phi) is 4.65. The minimum atomic E-state index is -0.589. The van der Waals surface area contributed by atoms with Gasteiger partial charge in [-0.15, -0.1) is 6.58 Å². The van der Waals surface area contributed by atoms with Crippen molar-refractivity contribution in [3.8, 4) is 0 Å². The van der Waals surface area contributed by atoms with E-state index in [0.29, 0.717) is 12.1 Å². The van der Waals surface area contributed by atoms with Gasteiger partial charge in [-0.1, -0.05) is 39.0 Å². The lowest BCUT2D eigenvalue weighted by Crippen LogP contribution is -2.31. The summed E-state index contributed by atoms with van der Waals surface area (Å²) in [6, 6.07) is 5.69. The van der Waals surface area contributed by atoms with Gasteiger partial charge in [-0.3, -0.25) is 9.59 Å². The number of hydrogen-bond acceptors (Lipinski definition) is 2. The second-order valence-corrected chi connectivity index (χ2v) is 5.61. The van der Waals surface area contributed by atoms with Gasteiger partial charge in [0.05, 0.1) is 0 Å². The van der Waals surface area contributed by atoms with E-state index in [1.165, 1.54) is 0 Å². The summed E-state index contributed by atoms with van der Waals surface area (Å²) in [5.41, 5.74) is 2.26. The zero-order valence-corrected chi connectivity index (χ0v) is 12.0. The molecule has 0 spiro atoms. The van der Waals surface area contributed by atoms with E-state index >= 15 is 0 Å². The van der Waals surface area contributed by atoms with Crippen molar-refractivity contribution in [2.24, 2.45) is 0 Å². The van der Waals surface area contributed by atoms with E-state index in [2.05, 4.69) is 32.7 Å². The molecule has 0 aliphatic rings. The Bertz CT molecular complexity index is 510. The molecule has 1 rings (SSSR count). The van der Waals surface area contributed by atoms with Gasteiger partial charge in [0, 0.05) is 12.1 Å². The maximum absolute atomic E-state index is 12.1. The number of Topliss-reactive ketones (excluding diaryl/α,β-unsaturated/α-hetero) is 1. The Hall–Kier alpha value is -1.90. The fraction of sp³-hybridized carbons (Fsp3) is 0.375. The number of carbonyl (C=O) groups is 2. The molecule has 1 amide bonds. The standard InChI is InChI=1S/C16H21NO2/c1-6-9-17-15(19)14(18)13-10-12(16(3,4)5)8-7-11(13)2/h6-8,10H,1,9H2,2-5H3,(H,17,19). The molecule has 0 fully saturated rings. The van der Waals surface area contributed by atoms with E-state index in [4.69, 9.17) is 0 Å². The third-order valence-corrected chi connectivity index (χ3v) is 2.96. The Morgan fingerprint density at radius 1 is 1.32 bits per heavy atom. The van der Waals surface area contributed by atoms with E-state index < -0.39 is 11.7 Å². The van der Waals surface area contributed by atoms with Gasteiger partial charge in [-0.2, -0.15) is 0 Å². The molecular weight excluding hydrogens is 238 g/mol. The Balaban J connectivity index is 3.09. The molecule has 1 aromatic rings. The zero-order valence-electron chi connectivity index (χ0n) is 12.0. The van der Waals surface area contributed by atoms with Gasteiger partial charge in [0.15, 0.2) is 0 Å². The van der Waals surface area contributed by atoms with Gasteiger partial charge in [0.2, 0.25) is 5.78 Å². The van der Waals surface area contributed by atoms with E-state index in [0.717, 1.165) is 11.1 Å². The second kappa shape index (κ2) is 5.83. The molecule has 1 N–H and O–H groups in total. The molecular formula is C16H21NO2. The molecule has 0 unspecified atom stereocenters.